The Morgan fingerprint density at radius 2 is 1.95 bits per heavy atom. The second-order valence-corrected chi connectivity index (χ2v) is 7.41. The average Bonchev–Trinajstić information content (AvgIpc) is 2.46. The predicted octanol–water partition coefficient (Wildman–Crippen LogP) is 1.63. The number of nitrogens with two attached hydrogens (primary N) is 1. The Labute approximate surface area is 124 Å². The Bertz CT molecular complexity index is 578. The molecular formula is C14H21FN2O3S. The Morgan fingerprint density at radius 1 is 1.29 bits per heavy atom. The summed E-state index contributed by atoms with van der Waals surface area (Å²) in [5, 5.41) is 9.58. The van der Waals surface area contributed by atoms with Crippen LogP contribution in [0.15, 0.2) is 23.1 Å². The van der Waals surface area contributed by atoms with E-state index >= 15 is 0 Å². The first-order valence-corrected chi connectivity index (χ1v) is 8.53. The summed E-state index contributed by atoms with van der Waals surface area (Å²) in [5.41, 5.74) is 5.00. The van der Waals surface area contributed by atoms with Crippen molar-refractivity contribution in [2.24, 2.45) is 5.41 Å². The molecule has 0 spiro atoms. The Balaban J connectivity index is 2.18. The molecule has 7 heteroatoms. The molecule has 1 aliphatic rings. The molecule has 0 aliphatic heterocycles. The fourth-order valence-corrected chi connectivity index (χ4v) is 4.17. The number of aliphatic hydroxyl groups is 1. The number of rotatable bonds is 5. The maximum atomic E-state index is 13.7. The zero-order chi connectivity index (χ0) is 15.5. The third-order valence-corrected chi connectivity index (χ3v) is 5.65. The zero-order valence-electron chi connectivity index (χ0n) is 11.8. The minimum Gasteiger partial charge on any atom is -0.398 e. The topological polar surface area (TPSA) is 92.4 Å². The highest BCUT2D eigenvalue weighted by Crippen LogP contribution is 2.35. The van der Waals surface area contributed by atoms with Crippen LogP contribution in [0.5, 0.6) is 0 Å². The van der Waals surface area contributed by atoms with Gasteiger partial charge in [-0.3, -0.25) is 0 Å². The highest BCUT2D eigenvalue weighted by molar-refractivity contribution is 7.89. The summed E-state index contributed by atoms with van der Waals surface area (Å²) in [7, 11) is -4.03. The molecule has 1 aromatic carbocycles. The molecule has 1 fully saturated rings. The van der Waals surface area contributed by atoms with E-state index in [9.17, 15) is 17.9 Å². The molecule has 0 unspecified atom stereocenters. The SMILES string of the molecule is Nc1cccc(F)c1S(=O)(=O)NCC1(CO)CCCCC1. The molecule has 0 aromatic heterocycles. The molecular weight excluding hydrogens is 295 g/mol. The Hall–Kier alpha value is -1.18. The van der Waals surface area contributed by atoms with Gasteiger partial charge in [0.05, 0.1) is 5.69 Å². The van der Waals surface area contributed by atoms with Gasteiger partial charge in [-0.1, -0.05) is 25.3 Å². The average molecular weight is 316 g/mol. The molecule has 118 valence electrons. The molecule has 0 bridgehead atoms. The first kappa shape index (κ1) is 16.2. The summed E-state index contributed by atoms with van der Waals surface area (Å²) in [6.45, 7) is 0.0158. The van der Waals surface area contributed by atoms with Crippen molar-refractivity contribution in [2.45, 2.75) is 37.0 Å². The van der Waals surface area contributed by atoms with Crippen LogP contribution in [0.3, 0.4) is 0 Å². The van der Waals surface area contributed by atoms with Crippen molar-refractivity contribution >= 4 is 15.7 Å². The summed E-state index contributed by atoms with van der Waals surface area (Å²) in [6, 6.07) is 3.77. The number of benzene rings is 1. The van der Waals surface area contributed by atoms with Crippen molar-refractivity contribution in [3.8, 4) is 0 Å². The maximum absolute atomic E-state index is 13.7. The van der Waals surface area contributed by atoms with E-state index in [1.54, 1.807) is 0 Å². The van der Waals surface area contributed by atoms with Crippen molar-refractivity contribution in [2.75, 3.05) is 18.9 Å². The zero-order valence-corrected chi connectivity index (χ0v) is 12.6. The molecule has 0 heterocycles. The second kappa shape index (κ2) is 6.29. The number of aliphatic hydroxyl groups excluding tert-OH is 1. The molecule has 0 saturated heterocycles. The molecule has 4 N–H and O–H groups in total. The molecule has 2 rings (SSSR count). The van der Waals surface area contributed by atoms with Crippen LogP contribution in [-0.4, -0.2) is 26.7 Å². The third-order valence-electron chi connectivity index (χ3n) is 4.15. The van der Waals surface area contributed by atoms with E-state index in [0.717, 1.165) is 38.2 Å². The van der Waals surface area contributed by atoms with Gasteiger partial charge < -0.3 is 10.8 Å². The predicted molar refractivity (Wildman–Crippen MR) is 78.6 cm³/mol. The van der Waals surface area contributed by atoms with Crippen LogP contribution in [0.4, 0.5) is 10.1 Å². The molecule has 21 heavy (non-hydrogen) atoms. The molecule has 0 atom stereocenters. The minimum atomic E-state index is -4.03. The van der Waals surface area contributed by atoms with E-state index in [-0.39, 0.29) is 18.8 Å². The van der Waals surface area contributed by atoms with Gasteiger partial charge in [-0.15, -0.1) is 0 Å². The minimum absolute atomic E-state index is 0.0811. The van der Waals surface area contributed by atoms with Gasteiger partial charge in [0.25, 0.3) is 0 Å². The number of halogens is 1. The first-order valence-electron chi connectivity index (χ1n) is 7.05. The lowest BCUT2D eigenvalue weighted by atomic mass is 9.75. The van der Waals surface area contributed by atoms with E-state index in [1.807, 2.05) is 0 Å². The van der Waals surface area contributed by atoms with Crippen molar-refractivity contribution in [1.29, 1.82) is 0 Å². The number of nitrogen functional groups attached to an aromatic ring is 1. The van der Waals surface area contributed by atoms with Gasteiger partial charge in [0.15, 0.2) is 0 Å². The fraction of sp³-hybridized carbons (Fsp3) is 0.571. The van der Waals surface area contributed by atoms with Crippen molar-refractivity contribution in [3.63, 3.8) is 0 Å². The Kier molecular flexibility index (Phi) is 4.85. The van der Waals surface area contributed by atoms with Crippen LogP contribution in [0, 0.1) is 11.2 Å². The van der Waals surface area contributed by atoms with Crippen LogP contribution >= 0.6 is 0 Å². The highest BCUT2D eigenvalue weighted by Gasteiger charge is 2.33. The lowest BCUT2D eigenvalue weighted by molar-refractivity contribution is 0.0867. The third kappa shape index (κ3) is 3.53. The van der Waals surface area contributed by atoms with Gasteiger partial charge in [0.1, 0.15) is 10.7 Å². The number of hydrogen-bond acceptors (Lipinski definition) is 4. The normalized spacial score (nSPS) is 18.6. The molecule has 1 aliphatic carbocycles. The van der Waals surface area contributed by atoms with Gasteiger partial charge in [-0.25, -0.2) is 17.5 Å². The monoisotopic (exact) mass is 316 g/mol. The van der Waals surface area contributed by atoms with E-state index < -0.39 is 26.2 Å². The van der Waals surface area contributed by atoms with Gasteiger partial charge in [0, 0.05) is 18.6 Å². The fourth-order valence-electron chi connectivity index (χ4n) is 2.82. The van der Waals surface area contributed by atoms with Crippen LogP contribution in [-0.2, 0) is 10.0 Å². The quantitative estimate of drug-likeness (QED) is 0.720. The summed E-state index contributed by atoms with van der Waals surface area (Å²) in [5.74, 6) is -0.871. The standard InChI is InChI=1S/C14H21FN2O3S/c15-11-5-4-6-12(16)13(11)21(19,20)17-9-14(10-18)7-2-1-3-8-14/h4-6,17-18H,1-3,7-10,16H2. The number of sulfonamides is 1. The van der Waals surface area contributed by atoms with Crippen LogP contribution in [0.1, 0.15) is 32.1 Å². The van der Waals surface area contributed by atoms with Gasteiger partial charge in [0.2, 0.25) is 10.0 Å². The number of hydrogen-bond donors (Lipinski definition) is 3. The van der Waals surface area contributed by atoms with Crippen molar-refractivity contribution in [3.05, 3.63) is 24.0 Å². The lowest BCUT2D eigenvalue weighted by Gasteiger charge is -2.35. The molecule has 0 amide bonds. The largest absolute Gasteiger partial charge is 0.398 e. The summed E-state index contributed by atoms with van der Waals surface area (Å²) in [4.78, 5) is -0.520. The van der Waals surface area contributed by atoms with Gasteiger partial charge in [-0.05, 0) is 25.0 Å². The van der Waals surface area contributed by atoms with E-state index in [0.29, 0.717) is 0 Å². The smallest absolute Gasteiger partial charge is 0.245 e. The van der Waals surface area contributed by atoms with Crippen LogP contribution < -0.4 is 10.5 Å². The van der Waals surface area contributed by atoms with Crippen molar-refractivity contribution < 1.29 is 17.9 Å². The molecule has 0 radical (unpaired) electrons. The van der Waals surface area contributed by atoms with Crippen LogP contribution in [0.25, 0.3) is 0 Å². The second-order valence-electron chi connectivity index (χ2n) is 5.70. The molecule has 5 nitrogen and oxygen atoms in total. The van der Waals surface area contributed by atoms with E-state index in [4.69, 9.17) is 5.73 Å². The van der Waals surface area contributed by atoms with Crippen LogP contribution in [0.2, 0.25) is 0 Å². The number of anilines is 1. The summed E-state index contributed by atoms with van der Waals surface area (Å²) >= 11 is 0. The summed E-state index contributed by atoms with van der Waals surface area (Å²) < 4.78 is 40.7. The Morgan fingerprint density at radius 3 is 2.52 bits per heavy atom. The molecule has 1 aromatic rings. The maximum Gasteiger partial charge on any atom is 0.245 e. The highest BCUT2D eigenvalue weighted by atomic mass is 32.2. The van der Waals surface area contributed by atoms with Gasteiger partial charge >= 0.3 is 0 Å². The van der Waals surface area contributed by atoms with E-state index in [1.165, 1.54) is 12.1 Å². The van der Waals surface area contributed by atoms with Crippen molar-refractivity contribution in [1.82, 2.24) is 4.72 Å². The lowest BCUT2D eigenvalue weighted by Crippen LogP contribution is -2.41. The molecule has 1 saturated carbocycles. The van der Waals surface area contributed by atoms with Gasteiger partial charge in [-0.2, -0.15) is 0 Å². The summed E-state index contributed by atoms with van der Waals surface area (Å²) in [6.07, 6.45) is 4.54. The van der Waals surface area contributed by atoms with E-state index in [2.05, 4.69) is 4.72 Å². The first-order chi connectivity index (χ1) is 9.90. The number of nitrogens with one attached hydrogen (secondary N) is 1.